The second-order valence-electron chi connectivity index (χ2n) is 9.12. The minimum atomic E-state index is -0.310. The first kappa shape index (κ1) is 20.3. The molecule has 3 aromatic rings. The highest BCUT2D eigenvalue weighted by Crippen LogP contribution is 2.31. The van der Waals surface area contributed by atoms with Gasteiger partial charge in [0.05, 0.1) is 16.7 Å². The van der Waals surface area contributed by atoms with Crippen LogP contribution in [0.1, 0.15) is 64.2 Å². The van der Waals surface area contributed by atoms with Gasteiger partial charge in [0.1, 0.15) is 12.4 Å². The number of carbonyl (C=O) groups excluding carboxylic acids is 1. The average Bonchev–Trinajstić information content (AvgIpc) is 3.44. The van der Waals surface area contributed by atoms with Crippen LogP contribution in [0.15, 0.2) is 36.5 Å². The topological polar surface area (TPSA) is 53.9 Å². The fourth-order valence-electron chi connectivity index (χ4n) is 5.57. The number of amides is 1. The van der Waals surface area contributed by atoms with Crippen molar-refractivity contribution >= 4 is 16.9 Å². The van der Waals surface area contributed by atoms with Crippen LogP contribution in [-0.2, 0) is 11.3 Å². The molecule has 164 valence electrons. The van der Waals surface area contributed by atoms with E-state index >= 15 is 0 Å². The largest absolute Gasteiger partial charge is 0.359 e. The monoisotopic (exact) mass is 422 g/mol. The molecule has 1 amide bonds. The standard InChI is InChI=1S/C25H31FN4O/c26-18-13-14-21-23(16-18)29(25(28-21)22-12-7-15-27-22)17-24(31)30(19-8-3-1-4-9-19)20-10-5-2-6-11-20/h7,12-16,19-20,27H,1-6,8-11,17H2. The Bertz CT molecular complexity index is 1010. The maximum Gasteiger partial charge on any atom is 0.243 e. The van der Waals surface area contributed by atoms with Crippen molar-refractivity contribution in [2.45, 2.75) is 82.8 Å². The van der Waals surface area contributed by atoms with E-state index in [1.807, 2.05) is 22.9 Å². The Morgan fingerprint density at radius 3 is 2.32 bits per heavy atom. The summed E-state index contributed by atoms with van der Waals surface area (Å²) < 4.78 is 16.0. The van der Waals surface area contributed by atoms with Gasteiger partial charge in [-0.2, -0.15) is 0 Å². The lowest BCUT2D eigenvalue weighted by Crippen LogP contribution is -2.50. The van der Waals surface area contributed by atoms with Crippen molar-refractivity contribution in [1.82, 2.24) is 19.4 Å². The first-order chi connectivity index (χ1) is 15.2. The zero-order valence-electron chi connectivity index (χ0n) is 18.0. The molecule has 5 nitrogen and oxygen atoms in total. The molecule has 2 fully saturated rings. The highest BCUT2D eigenvalue weighted by molar-refractivity contribution is 5.84. The second-order valence-corrected chi connectivity index (χ2v) is 9.12. The number of H-pyrrole nitrogens is 1. The van der Waals surface area contributed by atoms with E-state index in [1.54, 1.807) is 6.07 Å². The Morgan fingerprint density at radius 2 is 1.71 bits per heavy atom. The predicted octanol–water partition coefficient (Wildman–Crippen LogP) is 5.66. The zero-order chi connectivity index (χ0) is 21.2. The summed E-state index contributed by atoms with van der Waals surface area (Å²) in [5.74, 6) is 0.525. The number of fused-ring (bicyclic) bond motifs is 1. The lowest BCUT2D eigenvalue weighted by Gasteiger charge is -2.42. The van der Waals surface area contributed by atoms with Gasteiger partial charge in [0, 0.05) is 18.3 Å². The quantitative estimate of drug-likeness (QED) is 0.576. The van der Waals surface area contributed by atoms with E-state index in [4.69, 9.17) is 4.98 Å². The van der Waals surface area contributed by atoms with Crippen LogP contribution in [0.5, 0.6) is 0 Å². The molecule has 0 radical (unpaired) electrons. The molecule has 0 bridgehead atoms. The zero-order valence-corrected chi connectivity index (χ0v) is 18.0. The van der Waals surface area contributed by atoms with E-state index in [1.165, 1.54) is 50.7 Å². The van der Waals surface area contributed by atoms with Crippen LogP contribution >= 0.6 is 0 Å². The van der Waals surface area contributed by atoms with Crippen LogP contribution in [-0.4, -0.2) is 37.4 Å². The highest BCUT2D eigenvalue weighted by atomic mass is 19.1. The van der Waals surface area contributed by atoms with Crippen molar-refractivity contribution in [3.05, 3.63) is 42.3 Å². The van der Waals surface area contributed by atoms with Crippen molar-refractivity contribution in [3.63, 3.8) is 0 Å². The lowest BCUT2D eigenvalue weighted by molar-refractivity contribution is -0.138. The third-order valence-corrected chi connectivity index (χ3v) is 7.07. The third-order valence-electron chi connectivity index (χ3n) is 7.07. The number of nitrogens with one attached hydrogen (secondary N) is 1. The van der Waals surface area contributed by atoms with Crippen LogP contribution < -0.4 is 0 Å². The molecule has 2 aromatic heterocycles. The molecule has 0 atom stereocenters. The first-order valence-electron chi connectivity index (χ1n) is 11.8. The minimum Gasteiger partial charge on any atom is -0.359 e. The molecule has 0 unspecified atom stereocenters. The highest BCUT2D eigenvalue weighted by Gasteiger charge is 2.33. The summed E-state index contributed by atoms with van der Waals surface area (Å²) in [4.78, 5) is 24.0. The number of nitrogens with zero attached hydrogens (tertiary/aromatic N) is 3. The molecule has 2 aliphatic carbocycles. The van der Waals surface area contributed by atoms with Gasteiger partial charge < -0.3 is 14.5 Å². The number of rotatable bonds is 5. The number of halogens is 1. The molecule has 5 rings (SSSR count). The Balaban J connectivity index is 1.51. The van der Waals surface area contributed by atoms with E-state index in [0.29, 0.717) is 28.9 Å². The Hall–Kier alpha value is -2.63. The van der Waals surface area contributed by atoms with Crippen LogP contribution in [0.4, 0.5) is 4.39 Å². The number of aromatic amines is 1. The minimum absolute atomic E-state index is 0.148. The summed E-state index contributed by atoms with van der Waals surface area (Å²) in [5.41, 5.74) is 2.22. The summed E-state index contributed by atoms with van der Waals surface area (Å²) in [6.45, 7) is 0.196. The number of hydrogen-bond donors (Lipinski definition) is 1. The van der Waals surface area contributed by atoms with Crippen LogP contribution in [0.2, 0.25) is 0 Å². The molecule has 2 aliphatic rings. The van der Waals surface area contributed by atoms with Gasteiger partial charge in [0.15, 0.2) is 5.82 Å². The molecule has 2 heterocycles. The van der Waals surface area contributed by atoms with E-state index < -0.39 is 0 Å². The summed E-state index contributed by atoms with van der Waals surface area (Å²) in [5, 5.41) is 0. The number of carbonyl (C=O) groups is 1. The lowest BCUT2D eigenvalue weighted by atomic mass is 9.88. The van der Waals surface area contributed by atoms with Crippen molar-refractivity contribution < 1.29 is 9.18 Å². The molecular weight excluding hydrogens is 391 g/mol. The molecular formula is C25H31FN4O. The molecule has 0 saturated heterocycles. The summed E-state index contributed by atoms with van der Waals surface area (Å²) in [7, 11) is 0. The van der Waals surface area contributed by atoms with Gasteiger partial charge in [0.25, 0.3) is 0 Å². The van der Waals surface area contributed by atoms with Gasteiger partial charge in [-0.1, -0.05) is 38.5 Å². The van der Waals surface area contributed by atoms with Gasteiger partial charge >= 0.3 is 0 Å². The number of hydrogen-bond acceptors (Lipinski definition) is 2. The smallest absolute Gasteiger partial charge is 0.243 e. The van der Waals surface area contributed by atoms with Gasteiger partial charge in [0.2, 0.25) is 5.91 Å². The molecule has 2 saturated carbocycles. The predicted molar refractivity (Wildman–Crippen MR) is 120 cm³/mol. The van der Waals surface area contributed by atoms with Gasteiger partial charge in [-0.3, -0.25) is 4.79 Å². The normalized spacial score (nSPS) is 18.5. The van der Waals surface area contributed by atoms with Gasteiger partial charge in [-0.05, 0) is 56.0 Å². The van der Waals surface area contributed by atoms with Crippen LogP contribution in [0.3, 0.4) is 0 Å². The molecule has 0 aliphatic heterocycles. The second kappa shape index (κ2) is 8.85. The Kier molecular flexibility index (Phi) is 5.79. The number of imidazole rings is 1. The van der Waals surface area contributed by atoms with Crippen molar-refractivity contribution in [2.75, 3.05) is 0 Å². The Morgan fingerprint density at radius 1 is 1.03 bits per heavy atom. The van der Waals surface area contributed by atoms with E-state index in [-0.39, 0.29) is 18.3 Å². The maximum atomic E-state index is 14.1. The molecule has 0 spiro atoms. The third kappa shape index (κ3) is 4.12. The van der Waals surface area contributed by atoms with Crippen molar-refractivity contribution in [2.24, 2.45) is 0 Å². The number of benzene rings is 1. The summed E-state index contributed by atoms with van der Waals surface area (Å²) in [6, 6.07) is 9.15. The van der Waals surface area contributed by atoms with Crippen LogP contribution in [0, 0.1) is 5.82 Å². The molecule has 31 heavy (non-hydrogen) atoms. The van der Waals surface area contributed by atoms with Crippen molar-refractivity contribution in [3.8, 4) is 11.5 Å². The molecule has 6 heteroatoms. The fraction of sp³-hybridized carbons (Fsp3) is 0.520. The van der Waals surface area contributed by atoms with E-state index in [9.17, 15) is 9.18 Å². The van der Waals surface area contributed by atoms with Crippen LogP contribution in [0.25, 0.3) is 22.6 Å². The SMILES string of the molecule is O=C(Cn1c(-c2ccc[nH]2)nc2ccc(F)cc21)N(C1CCCCC1)C1CCCCC1. The molecule has 1 N–H and O–H groups in total. The average molecular weight is 423 g/mol. The van der Waals surface area contributed by atoms with E-state index in [2.05, 4.69) is 9.88 Å². The molecule has 1 aromatic carbocycles. The first-order valence-corrected chi connectivity index (χ1v) is 11.8. The van der Waals surface area contributed by atoms with Gasteiger partial charge in [-0.15, -0.1) is 0 Å². The Labute approximate surface area is 182 Å². The fourth-order valence-corrected chi connectivity index (χ4v) is 5.57. The van der Waals surface area contributed by atoms with Gasteiger partial charge in [-0.25, -0.2) is 9.37 Å². The maximum absolute atomic E-state index is 14.1. The number of aromatic nitrogens is 3. The van der Waals surface area contributed by atoms with Crippen molar-refractivity contribution in [1.29, 1.82) is 0 Å². The summed E-state index contributed by atoms with van der Waals surface area (Å²) >= 11 is 0. The summed E-state index contributed by atoms with van der Waals surface area (Å²) in [6.07, 6.45) is 13.6. The van der Waals surface area contributed by atoms with E-state index in [0.717, 1.165) is 31.4 Å².